The minimum Gasteiger partial charge on any atom is -0.481 e. The number of hydrogen-bond acceptors (Lipinski definition) is 4. The molecule has 3 rings (SSSR count). The largest absolute Gasteiger partial charge is 0.481 e. The highest BCUT2D eigenvalue weighted by molar-refractivity contribution is 5.97. The average Bonchev–Trinajstić information content (AvgIpc) is 2.65. The van der Waals surface area contributed by atoms with E-state index in [-0.39, 0.29) is 36.6 Å². The number of aliphatic carboxylic acids is 1. The summed E-state index contributed by atoms with van der Waals surface area (Å²) in [5, 5.41) is 14.2. The number of rotatable bonds is 6. The number of hydrogen-bond donors (Lipinski definition) is 3. The average molecular weight is 373 g/mol. The summed E-state index contributed by atoms with van der Waals surface area (Å²) in [7, 11) is 0. The number of piperidine rings is 1. The van der Waals surface area contributed by atoms with Crippen LogP contribution in [-0.4, -0.2) is 58.4 Å². The van der Waals surface area contributed by atoms with Crippen molar-refractivity contribution in [2.75, 3.05) is 6.54 Å². The van der Waals surface area contributed by atoms with Gasteiger partial charge in [0.25, 0.3) is 0 Å². The second-order valence-electron chi connectivity index (χ2n) is 6.98. The lowest BCUT2D eigenvalue weighted by molar-refractivity contribution is -0.151. The van der Waals surface area contributed by atoms with Gasteiger partial charge < -0.3 is 20.6 Å². The van der Waals surface area contributed by atoms with Crippen LogP contribution in [0.1, 0.15) is 31.2 Å². The van der Waals surface area contributed by atoms with Gasteiger partial charge in [-0.15, -0.1) is 0 Å². The van der Waals surface area contributed by atoms with Gasteiger partial charge in [0, 0.05) is 25.4 Å². The molecule has 2 saturated heterocycles. The molecule has 1 aromatic carbocycles. The third kappa shape index (κ3) is 4.64. The van der Waals surface area contributed by atoms with E-state index in [9.17, 15) is 19.2 Å². The maximum absolute atomic E-state index is 12.8. The first-order chi connectivity index (χ1) is 12.9. The van der Waals surface area contributed by atoms with Crippen molar-refractivity contribution in [3.05, 3.63) is 35.9 Å². The van der Waals surface area contributed by atoms with E-state index in [4.69, 9.17) is 5.11 Å². The normalized spacial score (nSPS) is 24.7. The summed E-state index contributed by atoms with van der Waals surface area (Å²) in [5.41, 5.74) is 0.982. The number of piperazine rings is 1. The molecule has 2 fully saturated rings. The van der Waals surface area contributed by atoms with Crippen LogP contribution in [0.3, 0.4) is 0 Å². The van der Waals surface area contributed by atoms with Gasteiger partial charge in [0.1, 0.15) is 12.1 Å². The Balaban J connectivity index is 1.58. The van der Waals surface area contributed by atoms with Crippen LogP contribution in [0.5, 0.6) is 0 Å². The van der Waals surface area contributed by atoms with E-state index in [2.05, 4.69) is 10.6 Å². The van der Waals surface area contributed by atoms with E-state index < -0.39 is 18.1 Å². The number of benzene rings is 1. The van der Waals surface area contributed by atoms with Crippen LogP contribution in [0, 0.1) is 0 Å². The molecule has 2 aliphatic rings. The molecule has 3 unspecified atom stereocenters. The maximum Gasteiger partial charge on any atom is 0.303 e. The van der Waals surface area contributed by atoms with Gasteiger partial charge in [-0.2, -0.15) is 0 Å². The molecule has 8 nitrogen and oxygen atoms in total. The van der Waals surface area contributed by atoms with Crippen molar-refractivity contribution in [1.82, 2.24) is 15.5 Å². The molecule has 1 aromatic rings. The summed E-state index contributed by atoms with van der Waals surface area (Å²) in [4.78, 5) is 49.3. The first kappa shape index (κ1) is 18.9. The van der Waals surface area contributed by atoms with Crippen molar-refractivity contribution in [2.45, 2.75) is 50.2 Å². The van der Waals surface area contributed by atoms with Crippen molar-refractivity contribution < 1.29 is 24.3 Å². The number of carbonyl (C=O) groups excluding carboxylic acids is 3. The summed E-state index contributed by atoms with van der Waals surface area (Å²) in [6.45, 7) is 0.395. The maximum atomic E-state index is 12.8. The summed E-state index contributed by atoms with van der Waals surface area (Å²) < 4.78 is 0. The molecule has 2 heterocycles. The minimum atomic E-state index is -1.03. The molecule has 144 valence electrons. The van der Waals surface area contributed by atoms with Crippen molar-refractivity contribution in [2.24, 2.45) is 0 Å². The number of fused-ring (bicyclic) bond motifs is 1. The molecule has 0 spiro atoms. The number of nitrogens with zero attached hydrogens (tertiary/aromatic N) is 1. The molecule has 3 N–H and O–H groups in total. The van der Waals surface area contributed by atoms with Gasteiger partial charge in [0.15, 0.2) is 0 Å². The molecular formula is C19H23N3O5. The highest BCUT2D eigenvalue weighted by Gasteiger charge is 2.43. The van der Waals surface area contributed by atoms with Crippen molar-refractivity contribution in [1.29, 1.82) is 0 Å². The lowest BCUT2D eigenvalue weighted by Gasteiger charge is -2.44. The van der Waals surface area contributed by atoms with E-state index in [1.54, 1.807) is 4.90 Å². The van der Waals surface area contributed by atoms with Gasteiger partial charge in [-0.1, -0.05) is 30.3 Å². The van der Waals surface area contributed by atoms with Gasteiger partial charge in [0.2, 0.25) is 17.7 Å². The Bertz CT molecular complexity index is 736. The fourth-order valence-electron chi connectivity index (χ4n) is 3.65. The van der Waals surface area contributed by atoms with Crippen LogP contribution in [-0.2, 0) is 25.6 Å². The van der Waals surface area contributed by atoms with Crippen LogP contribution in [0.2, 0.25) is 0 Å². The van der Waals surface area contributed by atoms with E-state index in [0.29, 0.717) is 25.8 Å². The molecule has 0 bridgehead atoms. The zero-order chi connectivity index (χ0) is 19.4. The summed E-state index contributed by atoms with van der Waals surface area (Å²) in [6, 6.07) is 8.13. The van der Waals surface area contributed by atoms with E-state index in [0.717, 1.165) is 5.56 Å². The van der Waals surface area contributed by atoms with Gasteiger partial charge >= 0.3 is 5.97 Å². The van der Waals surface area contributed by atoms with Crippen molar-refractivity contribution in [3.8, 4) is 0 Å². The topological polar surface area (TPSA) is 116 Å². The van der Waals surface area contributed by atoms with Gasteiger partial charge in [-0.25, -0.2) is 0 Å². The molecule has 2 aliphatic heterocycles. The SMILES string of the molecule is O=C(O)CCC(=O)NC1CCN2C(=O)C(Cc3ccccc3)NC(=O)C2C1. The molecule has 27 heavy (non-hydrogen) atoms. The summed E-state index contributed by atoms with van der Waals surface area (Å²) in [5.74, 6) is -1.68. The smallest absolute Gasteiger partial charge is 0.303 e. The van der Waals surface area contributed by atoms with E-state index in [1.165, 1.54) is 0 Å². The molecule has 3 amide bonds. The third-order valence-electron chi connectivity index (χ3n) is 5.02. The summed E-state index contributed by atoms with van der Waals surface area (Å²) >= 11 is 0. The predicted octanol–water partition coefficient (Wildman–Crippen LogP) is 0.0681. The van der Waals surface area contributed by atoms with E-state index in [1.807, 2.05) is 30.3 Å². The van der Waals surface area contributed by atoms with Crippen LogP contribution >= 0.6 is 0 Å². The van der Waals surface area contributed by atoms with Gasteiger partial charge in [-0.05, 0) is 18.4 Å². The minimum absolute atomic E-state index is 0.0928. The molecule has 0 aromatic heterocycles. The Morgan fingerprint density at radius 1 is 1.19 bits per heavy atom. The fourth-order valence-corrected chi connectivity index (χ4v) is 3.65. The highest BCUT2D eigenvalue weighted by atomic mass is 16.4. The standard InChI is InChI=1S/C19H23N3O5/c23-16(6-7-17(24)25)20-13-8-9-22-15(11-13)18(26)21-14(19(22)27)10-12-4-2-1-3-5-12/h1-5,13-15H,6-11H2,(H,20,23)(H,21,26)(H,24,25). The monoisotopic (exact) mass is 373 g/mol. The van der Waals surface area contributed by atoms with Crippen molar-refractivity contribution in [3.63, 3.8) is 0 Å². The number of carbonyl (C=O) groups is 4. The summed E-state index contributed by atoms with van der Waals surface area (Å²) in [6.07, 6.45) is 1.02. The Morgan fingerprint density at radius 3 is 2.63 bits per heavy atom. The Hall–Kier alpha value is -2.90. The van der Waals surface area contributed by atoms with Crippen LogP contribution in [0.15, 0.2) is 30.3 Å². The van der Waals surface area contributed by atoms with Crippen LogP contribution in [0.25, 0.3) is 0 Å². The molecule has 0 aliphatic carbocycles. The van der Waals surface area contributed by atoms with E-state index >= 15 is 0 Å². The fraction of sp³-hybridized carbons (Fsp3) is 0.474. The van der Waals surface area contributed by atoms with Gasteiger partial charge in [-0.3, -0.25) is 19.2 Å². The lowest BCUT2D eigenvalue weighted by Crippen LogP contribution is -2.67. The Labute approximate surface area is 156 Å². The molecule has 0 radical (unpaired) electrons. The zero-order valence-corrected chi connectivity index (χ0v) is 14.9. The quantitative estimate of drug-likeness (QED) is 0.653. The van der Waals surface area contributed by atoms with Crippen LogP contribution < -0.4 is 10.6 Å². The first-order valence-electron chi connectivity index (χ1n) is 9.10. The van der Waals surface area contributed by atoms with Crippen LogP contribution in [0.4, 0.5) is 0 Å². The molecular weight excluding hydrogens is 350 g/mol. The first-order valence-corrected chi connectivity index (χ1v) is 9.10. The second kappa shape index (κ2) is 8.20. The lowest BCUT2D eigenvalue weighted by atomic mass is 9.91. The van der Waals surface area contributed by atoms with Crippen molar-refractivity contribution >= 4 is 23.7 Å². The number of carboxylic acids is 1. The molecule has 3 atom stereocenters. The number of nitrogens with one attached hydrogen (secondary N) is 2. The zero-order valence-electron chi connectivity index (χ0n) is 14.9. The highest BCUT2D eigenvalue weighted by Crippen LogP contribution is 2.23. The Morgan fingerprint density at radius 2 is 1.93 bits per heavy atom. The number of carboxylic acid groups (broad SMARTS) is 1. The molecule has 0 saturated carbocycles. The van der Waals surface area contributed by atoms with Gasteiger partial charge in [0.05, 0.1) is 6.42 Å². The predicted molar refractivity (Wildman–Crippen MR) is 95.6 cm³/mol. The number of amides is 3. The Kier molecular flexibility index (Phi) is 5.73. The second-order valence-corrected chi connectivity index (χ2v) is 6.98. The third-order valence-corrected chi connectivity index (χ3v) is 5.02. The molecule has 8 heteroatoms.